The normalized spacial score (nSPS) is 14.5. The molecule has 0 N–H and O–H groups in total. The molecule has 0 fully saturated rings. The van der Waals surface area contributed by atoms with Gasteiger partial charge in [0.05, 0.1) is 10.8 Å². The summed E-state index contributed by atoms with van der Waals surface area (Å²) in [5.74, 6) is 0. The Labute approximate surface area is 304 Å². The monoisotopic (exact) mass is 658 g/mol. The molecular weight excluding hydrogens is 625 g/mol. The third-order valence-corrected chi connectivity index (χ3v) is 12.0. The van der Waals surface area contributed by atoms with Crippen LogP contribution in [0.5, 0.6) is 0 Å². The first kappa shape index (κ1) is 29.3. The van der Waals surface area contributed by atoms with Gasteiger partial charge in [0.2, 0.25) is 0 Å². The van der Waals surface area contributed by atoms with Gasteiger partial charge in [0.25, 0.3) is 0 Å². The maximum Gasteiger partial charge on any atom is 0.0719 e. The zero-order valence-corrected chi connectivity index (χ0v) is 28.6. The average molecular weight is 659 g/mol. The van der Waals surface area contributed by atoms with Crippen molar-refractivity contribution in [2.24, 2.45) is 0 Å². The SMILES string of the molecule is c1ccc(-c2cc3c4c5c(cccc25)C(c2ccccc2)(c2ccccc2)c2c-4c(cc4ccccc24)C3(c2ccccc2)c2ccccc2)cc1. The van der Waals surface area contributed by atoms with E-state index in [-0.39, 0.29) is 0 Å². The Bertz CT molecular complexity index is 2720. The van der Waals surface area contributed by atoms with Gasteiger partial charge in [0, 0.05) is 0 Å². The highest BCUT2D eigenvalue weighted by atomic mass is 14.6. The van der Waals surface area contributed by atoms with Gasteiger partial charge in [-0.2, -0.15) is 0 Å². The van der Waals surface area contributed by atoms with Crippen LogP contribution in [0.25, 0.3) is 43.8 Å². The van der Waals surface area contributed by atoms with E-state index in [1.54, 1.807) is 0 Å². The van der Waals surface area contributed by atoms with Crippen LogP contribution in [0.4, 0.5) is 0 Å². The number of benzene rings is 9. The van der Waals surface area contributed by atoms with Gasteiger partial charge < -0.3 is 0 Å². The van der Waals surface area contributed by atoms with Crippen LogP contribution in [0.15, 0.2) is 206 Å². The van der Waals surface area contributed by atoms with E-state index in [4.69, 9.17) is 0 Å². The van der Waals surface area contributed by atoms with E-state index >= 15 is 0 Å². The second-order valence-corrected chi connectivity index (χ2v) is 14.3. The average Bonchev–Trinajstić information content (AvgIpc) is 3.53. The minimum Gasteiger partial charge on any atom is -0.0622 e. The summed E-state index contributed by atoms with van der Waals surface area (Å²) in [7, 11) is 0. The molecule has 9 aromatic carbocycles. The summed E-state index contributed by atoms with van der Waals surface area (Å²) in [4.78, 5) is 0. The summed E-state index contributed by atoms with van der Waals surface area (Å²) in [5, 5.41) is 5.20. The third-order valence-electron chi connectivity index (χ3n) is 12.0. The Morgan fingerprint density at radius 2 is 0.769 bits per heavy atom. The molecule has 0 amide bonds. The standard InChI is InChI=1S/C52H34/c1-6-19-35(20-7-1)43-34-46-48-47-42(43)31-18-32-44(47)52(39-26-12-4-13-27-39,40-28-14-5-15-29-40)50-41-30-17-16-21-36(41)33-45(49(48)50)51(46,37-22-8-2-9-23-37)38-24-10-3-11-25-38/h1-34H. The van der Waals surface area contributed by atoms with Crippen LogP contribution >= 0.6 is 0 Å². The van der Waals surface area contributed by atoms with Gasteiger partial charge in [0.15, 0.2) is 0 Å². The van der Waals surface area contributed by atoms with Gasteiger partial charge in [-0.05, 0) is 100 Å². The fourth-order valence-corrected chi connectivity index (χ4v) is 10.1. The number of fused-ring (bicyclic) bond motifs is 2. The molecule has 242 valence electrons. The summed E-state index contributed by atoms with van der Waals surface area (Å²) in [6.45, 7) is 0. The van der Waals surface area contributed by atoms with Crippen LogP contribution in [0.2, 0.25) is 0 Å². The topological polar surface area (TPSA) is 0 Å². The van der Waals surface area contributed by atoms with Gasteiger partial charge in [-0.25, -0.2) is 0 Å². The molecule has 11 rings (SSSR count). The quantitative estimate of drug-likeness (QED) is 0.173. The first-order valence-corrected chi connectivity index (χ1v) is 18.3. The van der Waals surface area contributed by atoms with E-state index in [1.807, 2.05) is 0 Å². The molecule has 0 heteroatoms. The van der Waals surface area contributed by atoms with E-state index in [2.05, 4.69) is 206 Å². The second-order valence-electron chi connectivity index (χ2n) is 14.3. The van der Waals surface area contributed by atoms with E-state index in [0.29, 0.717) is 0 Å². The van der Waals surface area contributed by atoms with Gasteiger partial charge >= 0.3 is 0 Å². The molecule has 0 unspecified atom stereocenters. The zero-order valence-electron chi connectivity index (χ0n) is 28.6. The highest BCUT2D eigenvalue weighted by Crippen LogP contribution is 2.67. The largest absolute Gasteiger partial charge is 0.0719 e. The van der Waals surface area contributed by atoms with Crippen LogP contribution in [-0.4, -0.2) is 0 Å². The minimum absolute atomic E-state index is 0.555. The Kier molecular flexibility index (Phi) is 6.19. The third kappa shape index (κ3) is 3.66. The van der Waals surface area contributed by atoms with E-state index in [1.165, 1.54) is 88.3 Å². The van der Waals surface area contributed by atoms with E-state index < -0.39 is 10.8 Å². The Morgan fingerprint density at radius 3 is 1.35 bits per heavy atom. The summed E-state index contributed by atoms with van der Waals surface area (Å²) in [6, 6.07) is 77.3. The summed E-state index contributed by atoms with van der Waals surface area (Å²) < 4.78 is 0. The zero-order chi connectivity index (χ0) is 34.3. The van der Waals surface area contributed by atoms with Crippen molar-refractivity contribution >= 4 is 21.5 Å². The molecule has 0 saturated heterocycles. The molecule has 2 aliphatic carbocycles. The molecule has 0 radical (unpaired) electrons. The summed E-state index contributed by atoms with van der Waals surface area (Å²) in [6.07, 6.45) is 0. The van der Waals surface area contributed by atoms with Crippen LogP contribution in [0.1, 0.15) is 44.5 Å². The fourth-order valence-electron chi connectivity index (χ4n) is 10.1. The molecule has 0 aromatic heterocycles. The first-order chi connectivity index (χ1) is 25.8. The van der Waals surface area contributed by atoms with Crippen LogP contribution in [0, 0.1) is 0 Å². The first-order valence-electron chi connectivity index (χ1n) is 18.3. The lowest BCUT2D eigenvalue weighted by Gasteiger charge is -2.43. The van der Waals surface area contributed by atoms with Crippen molar-refractivity contribution in [1.82, 2.24) is 0 Å². The molecule has 0 atom stereocenters. The second kappa shape index (κ2) is 11.0. The number of hydrogen-bond donors (Lipinski definition) is 0. The molecular formula is C52H34. The molecule has 0 spiro atoms. The van der Waals surface area contributed by atoms with E-state index in [9.17, 15) is 0 Å². The molecule has 0 heterocycles. The highest BCUT2D eigenvalue weighted by Gasteiger charge is 2.54. The minimum atomic E-state index is -0.587. The fraction of sp³-hybridized carbons (Fsp3) is 0.0385. The lowest BCUT2D eigenvalue weighted by molar-refractivity contribution is 0.751. The van der Waals surface area contributed by atoms with Crippen LogP contribution < -0.4 is 0 Å². The Hall–Kier alpha value is -6.50. The molecule has 0 nitrogen and oxygen atoms in total. The maximum absolute atomic E-state index is 2.54. The molecule has 0 saturated carbocycles. The smallest absolute Gasteiger partial charge is 0.0622 e. The van der Waals surface area contributed by atoms with Gasteiger partial charge in [-0.15, -0.1) is 0 Å². The molecule has 0 bridgehead atoms. The predicted octanol–water partition coefficient (Wildman–Crippen LogP) is 12.7. The predicted molar refractivity (Wildman–Crippen MR) is 216 cm³/mol. The summed E-state index contributed by atoms with van der Waals surface area (Å²) >= 11 is 0. The van der Waals surface area contributed by atoms with Crippen molar-refractivity contribution < 1.29 is 0 Å². The number of rotatable bonds is 5. The van der Waals surface area contributed by atoms with Gasteiger partial charge in [0.1, 0.15) is 0 Å². The van der Waals surface area contributed by atoms with Crippen molar-refractivity contribution in [3.05, 3.63) is 251 Å². The molecule has 2 aliphatic rings. The molecule has 9 aromatic rings. The maximum atomic E-state index is 2.54. The van der Waals surface area contributed by atoms with Gasteiger partial charge in [-0.1, -0.05) is 194 Å². The van der Waals surface area contributed by atoms with E-state index in [0.717, 1.165) is 0 Å². The van der Waals surface area contributed by atoms with Crippen LogP contribution in [-0.2, 0) is 10.8 Å². The molecule has 52 heavy (non-hydrogen) atoms. The van der Waals surface area contributed by atoms with Gasteiger partial charge in [-0.3, -0.25) is 0 Å². The van der Waals surface area contributed by atoms with Crippen molar-refractivity contribution in [3.8, 4) is 22.3 Å². The van der Waals surface area contributed by atoms with Crippen molar-refractivity contribution in [3.63, 3.8) is 0 Å². The van der Waals surface area contributed by atoms with Crippen LogP contribution in [0.3, 0.4) is 0 Å². The molecule has 0 aliphatic heterocycles. The summed E-state index contributed by atoms with van der Waals surface area (Å²) in [5.41, 5.74) is 14.6. The Balaban J connectivity index is 1.48. The van der Waals surface area contributed by atoms with Crippen molar-refractivity contribution in [1.29, 1.82) is 0 Å². The lowest BCUT2D eigenvalue weighted by Crippen LogP contribution is -2.34. The lowest BCUT2D eigenvalue weighted by atomic mass is 9.58. The highest BCUT2D eigenvalue weighted by molar-refractivity contribution is 6.17. The van der Waals surface area contributed by atoms with Crippen molar-refractivity contribution in [2.45, 2.75) is 10.8 Å². The van der Waals surface area contributed by atoms with Crippen molar-refractivity contribution in [2.75, 3.05) is 0 Å². The Morgan fingerprint density at radius 1 is 0.308 bits per heavy atom. The number of hydrogen-bond acceptors (Lipinski definition) is 0.